The summed E-state index contributed by atoms with van der Waals surface area (Å²) < 4.78 is 25.7. The molecule has 0 radical (unpaired) electrons. The van der Waals surface area contributed by atoms with Gasteiger partial charge in [0.25, 0.3) is 15.9 Å². The fourth-order valence-electron chi connectivity index (χ4n) is 2.86. The van der Waals surface area contributed by atoms with Gasteiger partial charge in [-0.2, -0.15) is 0 Å². The van der Waals surface area contributed by atoms with Crippen LogP contribution in [0.25, 0.3) is 0 Å². The maximum atomic E-state index is 12.2. The van der Waals surface area contributed by atoms with E-state index in [1.807, 2.05) is 18.6 Å². The van der Waals surface area contributed by atoms with Gasteiger partial charge in [-0.05, 0) is 43.0 Å². The number of hydrogen-bond acceptors (Lipinski definition) is 5. The highest BCUT2D eigenvalue weighted by atomic mass is 32.2. The van der Waals surface area contributed by atoms with Gasteiger partial charge in [0.1, 0.15) is 0 Å². The van der Waals surface area contributed by atoms with Crippen LogP contribution in [0.15, 0.2) is 40.3 Å². The minimum atomic E-state index is -3.86. The maximum absolute atomic E-state index is 12.2. The van der Waals surface area contributed by atoms with E-state index in [2.05, 4.69) is 5.32 Å². The number of carbonyl (C=O) groups is 3. The van der Waals surface area contributed by atoms with Crippen molar-refractivity contribution >= 4 is 27.9 Å². The van der Waals surface area contributed by atoms with Gasteiger partial charge in [-0.1, -0.05) is 19.1 Å². The molecule has 0 aliphatic carbocycles. The minimum absolute atomic E-state index is 0.0122. The van der Waals surface area contributed by atoms with E-state index < -0.39 is 22.0 Å². The van der Waals surface area contributed by atoms with E-state index in [1.54, 1.807) is 12.1 Å². The second-order valence-corrected chi connectivity index (χ2v) is 7.97. The fourth-order valence-corrected chi connectivity index (χ4v) is 3.85. The van der Waals surface area contributed by atoms with Crippen LogP contribution in [0.2, 0.25) is 0 Å². The average molecular weight is 393 g/mol. The van der Waals surface area contributed by atoms with E-state index in [9.17, 15) is 22.8 Å². The molecule has 0 fully saturated rings. The molecular weight excluding hydrogens is 370 g/mol. The lowest BCUT2D eigenvalue weighted by atomic mass is 10.1. The van der Waals surface area contributed by atoms with Crippen molar-refractivity contribution in [1.29, 1.82) is 0 Å². The van der Waals surface area contributed by atoms with E-state index >= 15 is 0 Å². The molecule has 0 spiro atoms. The van der Waals surface area contributed by atoms with E-state index in [0.29, 0.717) is 31.5 Å². The highest BCUT2D eigenvalue weighted by molar-refractivity contribution is 7.90. The van der Waals surface area contributed by atoms with Crippen LogP contribution in [-0.4, -0.2) is 44.3 Å². The molecular formula is C18H23N3O5S. The van der Waals surface area contributed by atoms with Gasteiger partial charge in [-0.15, -0.1) is 0 Å². The van der Waals surface area contributed by atoms with Crippen molar-refractivity contribution in [2.24, 2.45) is 0 Å². The molecule has 1 aromatic rings. The maximum Gasteiger partial charge on any atom is 0.324 e. The molecule has 0 saturated carbocycles. The Kier molecular flexibility index (Phi) is 6.37. The summed E-state index contributed by atoms with van der Waals surface area (Å²) in [5.74, 6) is -0.908. The normalized spacial score (nSPS) is 14.5. The Morgan fingerprint density at radius 1 is 1.19 bits per heavy atom. The molecule has 2 rings (SSSR count). The number of nitrogens with one attached hydrogen (secondary N) is 2. The predicted molar refractivity (Wildman–Crippen MR) is 99.3 cm³/mol. The molecule has 27 heavy (non-hydrogen) atoms. The summed E-state index contributed by atoms with van der Waals surface area (Å²) in [6.45, 7) is 5.47. The first kappa shape index (κ1) is 20.6. The quantitative estimate of drug-likeness (QED) is 0.757. The second kappa shape index (κ2) is 8.34. The molecule has 2 N–H and O–H groups in total. The van der Waals surface area contributed by atoms with E-state index in [1.165, 1.54) is 17.0 Å². The number of carbonyl (C=O) groups excluding carboxylic acids is 3. The number of rotatable bonds is 6. The van der Waals surface area contributed by atoms with Crippen molar-refractivity contribution in [2.75, 3.05) is 13.1 Å². The molecule has 0 unspecified atom stereocenters. The number of benzene rings is 1. The van der Waals surface area contributed by atoms with Gasteiger partial charge in [-0.3, -0.25) is 14.5 Å². The van der Waals surface area contributed by atoms with E-state index in [4.69, 9.17) is 0 Å². The topological polar surface area (TPSA) is 113 Å². The highest BCUT2D eigenvalue weighted by Gasteiger charge is 2.31. The lowest BCUT2D eigenvalue weighted by Gasteiger charge is -2.16. The zero-order valence-electron chi connectivity index (χ0n) is 15.5. The molecule has 8 nitrogen and oxygen atoms in total. The van der Waals surface area contributed by atoms with Crippen molar-refractivity contribution in [1.82, 2.24) is 14.9 Å². The molecule has 1 aromatic carbocycles. The zero-order chi connectivity index (χ0) is 20.2. The molecule has 0 saturated heterocycles. The Hall–Kier alpha value is -2.68. The molecule has 9 heteroatoms. The van der Waals surface area contributed by atoms with Crippen molar-refractivity contribution in [3.05, 3.63) is 41.0 Å². The van der Waals surface area contributed by atoms with Crippen LogP contribution >= 0.6 is 0 Å². The van der Waals surface area contributed by atoms with Gasteiger partial charge in [0.2, 0.25) is 5.91 Å². The Bertz CT molecular complexity index is 888. The summed E-state index contributed by atoms with van der Waals surface area (Å²) in [6, 6.07) is 5.58. The Labute approximate surface area is 158 Å². The fraction of sp³-hybridized carbons (Fsp3) is 0.389. The summed E-state index contributed by atoms with van der Waals surface area (Å²) in [7, 11) is -3.86. The molecule has 1 heterocycles. The SMILES string of the molecule is CCC1=C(C)CN(C(=O)NCCc2ccc(S(=O)(=O)NC(C)=O)cc2)C1=O. The molecule has 0 bridgehead atoms. The van der Waals surface area contributed by atoms with Crippen LogP contribution in [0.5, 0.6) is 0 Å². The monoisotopic (exact) mass is 393 g/mol. The molecule has 1 aliphatic heterocycles. The number of amides is 4. The lowest BCUT2D eigenvalue weighted by Crippen LogP contribution is -2.42. The Morgan fingerprint density at radius 3 is 2.33 bits per heavy atom. The van der Waals surface area contributed by atoms with Crippen molar-refractivity contribution in [2.45, 2.75) is 38.5 Å². The van der Waals surface area contributed by atoms with Gasteiger partial charge in [0, 0.05) is 19.0 Å². The number of urea groups is 1. The number of nitrogens with zero attached hydrogens (tertiary/aromatic N) is 1. The van der Waals surface area contributed by atoms with Gasteiger partial charge < -0.3 is 5.32 Å². The third-order valence-electron chi connectivity index (χ3n) is 4.21. The predicted octanol–water partition coefficient (Wildman–Crippen LogP) is 1.33. The molecule has 0 atom stereocenters. The summed E-state index contributed by atoms with van der Waals surface area (Å²) in [5.41, 5.74) is 2.41. The second-order valence-electron chi connectivity index (χ2n) is 6.29. The molecule has 4 amide bonds. The summed E-state index contributed by atoms with van der Waals surface area (Å²) in [5, 5.41) is 2.70. The summed E-state index contributed by atoms with van der Waals surface area (Å²) in [4.78, 5) is 36.5. The van der Waals surface area contributed by atoms with Crippen molar-refractivity contribution in [3.63, 3.8) is 0 Å². The largest absolute Gasteiger partial charge is 0.337 e. The third kappa shape index (κ3) is 4.94. The van der Waals surface area contributed by atoms with E-state index in [0.717, 1.165) is 18.1 Å². The van der Waals surface area contributed by atoms with Crippen LogP contribution in [0.3, 0.4) is 0 Å². The Balaban J connectivity index is 1.88. The third-order valence-corrected chi connectivity index (χ3v) is 5.66. The molecule has 146 valence electrons. The van der Waals surface area contributed by atoms with Gasteiger partial charge in [0.15, 0.2) is 0 Å². The van der Waals surface area contributed by atoms with Gasteiger partial charge >= 0.3 is 6.03 Å². The first-order chi connectivity index (χ1) is 12.7. The smallest absolute Gasteiger partial charge is 0.324 e. The van der Waals surface area contributed by atoms with Gasteiger partial charge in [0.05, 0.1) is 11.4 Å². The van der Waals surface area contributed by atoms with Crippen LogP contribution in [0, 0.1) is 0 Å². The van der Waals surface area contributed by atoms with E-state index in [-0.39, 0.29) is 10.8 Å². The first-order valence-electron chi connectivity index (χ1n) is 8.56. The number of hydrogen-bond donors (Lipinski definition) is 2. The van der Waals surface area contributed by atoms with Crippen LogP contribution in [0.4, 0.5) is 4.79 Å². The minimum Gasteiger partial charge on any atom is -0.337 e. The number of sulfonamides is 1. The van der Waals surface area contributed by atoms with Crippen molar-refractivity contribution < 1.29 is 22.8 Å². The first-order valence-corrected chi connectivity index (χ1v) is 10.0. The van der Waals surface area contributed by atoms with Crippen LogP contribution < -0.4 is 10.0 Å². The Morgan fingerprint density at radius 2 is 1.81 bits per heavy atom. The van der Waals surface area contributed by atoms with Crippen LogP contribution in [0.1, 0.15) is 32.8 Å². The number of imide groups is 1. The van der Waals surface area contributed by atoms with Crippen molar-refractivity contribution in [3.8, 4) is 0 Å². The zero-order valence-corrected chi connectivity index (χ0v) is 16.4. The standard InChI is InChI=1S/C18H23N3O5S/c1-4-16-12(2)11-21(17(16)23)18(24)19-10-9-14-5-7-15(8-6-14)27(25,26)20-13(3)22/h5-8H,4,9-11H2,1-3H3,(H,19,24)(H,20,22). The molecule has 1 aliphatic rings. The molecule has 0 aromatic heterocycles. The highest BCUT2D eigenvalue weighted by Crippen LogP contribution is 2.21. The average Bonchev–Trinajstić information content (AvgIpc) is 2.88. The van der Waals surface area contributed by atoms with Crippen LogP contribution in [-0.2, 0) is 26.0 Å². The summed E-state index contributed by atoms with van der Waals surface area (Å²) in [6.07, 6.45) is 1.07. The lowest BCUT2D eigenvalue weighted by molar-refractivity contribution is -0.123. The van der Waals surface area contributed by atoms with Gasteiger partial charge in [-0.25, -0.2) is 17.9 Å². The summed E-state index contributed by atoms with van der Waals surface area (Å²) >= 11 is 0.